The van der Waals surface area contributed by atoms with Gasteiger partial charge < -0.3 is 14.4 Å². The number of rotatable bonds is 4. The summed E-state index contributed by atoms with van der Waals surface area (Å²) in [6, 6.07) is 11.5. The van der Waals surface area contributed by atoms with Crippen molar-refractivity contribution in [2.24, 2.45) is 0 Å². The van der Waals surface area contributed by atoms with Crippen molar-refractivity contribution in [3.63, 3.8) is 0 Å². The van der Waals surface area contributed by atoms with E-state index in [9.17, 15) is 4.79 Å². The first-order valence-corrected chi connectivity index (χ1v) is 8.45. The molecular weight excluding hydrogens is 370 g/mol. The lowest BCUT2D eigenvalue weighted by atomic mass is 10.0. The van der Waals surface area contributed by atoms with Crippen LogP contribution in [0.3, 0.4) is 0 Å². The van der Waals surface area contributed by atoms with Crippen molar-refractivity contribution in [3.8, 4) is 11.5 Å². The zero-order valence-electron chi connectivity index (χ0n) is 13.8. The zero-order valence-corrected chi connectivity index (χ0v) is 15.4. The van der Waals surface area contributed by atoms with Crippen LogP contribution in [-0.2, 0) is 4.79 Å². The molecule has 0 bridgehead atoms. The molecule has 4 nitrogen and oxygen atoms in total. The third kappa shape index (κ3) is 2.91. The van der Waals surface area contributed by atoms with Gasteiger partial charge in [0.1, 0.15) is 0 Å². The van der Waals surface area contributed by atoms with Crippen LogP contribution in [0, 0.1) is 0 Å². The number of ether oxygens (including phenoxy) is 2. The van der Waals surface area contributed by atoms with Crippen LogP contribution in [0.4, 0.5) is 5.69 Å². The van der Waals surface area contributed by atoms with Crippen molar-refractivity contribution >= 4 is 39.2 Å². The Bertz CT molecular complexity index is 829. The average molecular weight is 388 g/mol. The number of likely N-dealkylation sites (N-methyl/N-ethyl adjacent to an activating group) is 1. The summed E-state index contributed by atoms with van der Waals surface area (Å²) in [7, 11) is 3.40. The van der Waals surface area contributed by atoms with Crippen molar-refractivity contribution in [1.29, 1.82) is 0 Å². The third-order valence-corrected chi connectivity index (χ3v) is 4.44. The Labute approximate surface area is 149 Å². The Morgan fingerprint density at radius 1 is 1.17 bits per heavy atom. The van der Waals surface area contributed by atoms with E-state index in [4.69, 9.17) is 9.47 Å². The number of anilines is 1. The van der Waals surface area contributed by atoms with Gasteiger partial charge in [-0.25, -0.2) is 0 Å². The first-order valence-electron chi connectivity index (χ1n) is 7.65. The summed E-state index contributed by atoms with van der Waals surface area (Å²) in [4.78, 5) is 14.3. The molecule has 1 aliphatic rings. The molecule has 0 unspecified atom stereocenters. The quantitative estimate of drug-likeness (QED) is 0.730. The number of halogens is 1. The minimum Gasteiger partial charge on any atom is -0.493 e. The number of fused-ring (bicyclic) bond motifs is 1. The Hall–Kier alpha value is -2.27. The Balaban J connectivity index is 2.07. The van der Waals surface area contributed by atoms with Gasteiger partial charge in [-0.2, -0.15) is 0 Å². The van der Waals surface area contributed by atoms with Gasteiger partial charge in [-0.3, -0.25) is 4.79 Å². The van der Waals surface area contributed by atoms with Crippen molar-refractivity contribution in [3.05, 3.63) is 52.0 Å². The van der Waals surface area contributed by atoms with Crippen LogP contribution in [0.2, 0.25) is 0 Å². The number of methoxy groups -OCH3 is 1. The minimum atomic E-state index is -0.0168. The summed E-state index contributed by atoms with van der Waals surface area (Å²) in [5.41, 5.74) is 3.39. The molecule has 0 aliphatic carbocycles. The summed E-state index contributed by atoms with van der Waals surface area (Å²) >= 11 is 3.48. The maximum absolute atomic E-state index is 12.6. The molecular formula is C19H18BrNO3. The predicted octanol–water partition coefficient (Wildman–Crippen LogP) is 4.37. The summed E-state index contributed by atoms with van der Waals surface area (Å²) in [6.45, 7) is 2.47. The highest BCUT2D eigenvalue weighted by Gasteiger charge is 2.29. The Morgan fingerprint density at radius 2 is 1.96 bits per heavy atom. The fraction of sp³-hybridized carbons (Fsp3) is 0.211. The second-order valence-corrected chi connectivity index (χ2v) is 6.34. The average Bonchev–Trinajstić information content (AvgIpc) is 2.80. The summed E-state index contributed by atoms with van der Waals surface area (Å²) in [6.07, 6.45) is 1.89. The second kappa shape index (κ2) is 6.69. The fourth-order valence-electron chi connectivity index (χ4n) is 2.78. The standard InChI is InChI=1S/C19H18BrNO3/c1-4-24-18-10-12(5-8-17(18)23-3)9-15-14-11-13(20)6-7-16(14)21(2)19(15)22/h5-11H,4H2,1-3H3/b15-9-. The lowest BCUT2D eigenvalue weighted by Gasteiger charge is -2.10. The van der Waals surface area contributed by atoms with Crippen LogP contribution in [0.1, 0.15) is 18.1 Å². The van der Waals surface area contributed by atoms with Crippen molar-refractivity contribution < 1.29 is 14.3 Å². The van der Waals surface area contributed by atoms with Gasteiger partial charge in [-0.1, -0.05) is 22.0 Å². The van der Waals surface area contributed by atoms with Crippen LogP contribution >= 0.6 is 15.9 Å². The molecule has 0 saturated carbocycles. The zero-order chi connectivity index (χ0) is 17.3. The highest BCUT2D eigenvalue weighted by atomic mass is 79.9. The highest BCUT2D eigenvalue weighted by Crippen LogP contribution is 2.39. The molecule has 0 fully saturated rings. The first-order chi connectivity index (χ1) is 11.5. The summed E-state index contributed by atoms with van der Waals surface area (Å²) < 4.78 is 11.9. The lowest BCUT2D eigenvalue weighted by Crippen LogP contribution is -2.20. The van der Waals surface area contributed by atoms with Crippen LogP contribution < -0.4 is 14.4 Å². The molecule has 3 rings (SSSR count). The monoisotopic (exact) mass is 387 g/mol. The molecule has 0 N–H and O–H groups in total. The van der Waals surface area contributed by atoms with Crippen LogP contribution in [0.15, 0.2) is 40.9 Å². The molecule has 24 heavy (non-hydrogen) atoms. The molecule has 0 spiro atoms. The van der Waals surface area contributed by atoms with Crippen molar-refractivity contribution in [2.45, 2.75) is 6.92 Å². The highest BCUT2D eigenvalue weighted by molar-refractivity contribution is 9.10. The number of nitrogens with zero attached hydrogens (tertiary/aromatic N) is 1. The fourth-order valence-corrected chi connectivity index (χ4v) is 3.14. The molecule has 5 heteroatoms. The summed E-state index contributed by atoms with van der Waals surface area (Å²) in [5, 5.41) is 0. The SMILES string of the molecule is CCOc1cc(/C=C2\C(=O)N(C)c3ccc(Br)cc32)ccc1OC. The van der Waals surface area contributed by atoms with Gasteiger partial charge >= 0.3 is 0 Å². The van der Waals surface area contributed by atoms with Crippen LogP contribution in [-0.4, -0.2) is 26.7 Å². The van der Waals surface area contributed by atoms with Gasteiger partial charge in [-0.05, 0) is 48.9 Å². The molecule has 1 amide bonds. The van der Waals surface area contributed by atoms with Gasteiger partial charge in [-0.15, -0.1) is 0 Å². The predicted molar refractivity (Wildman–Crippen MR) is 99.6 cm³/mol. The van der Waals surface area contributed by atoms with E-state index in [2.05, 4.69) is 15.9 Å². The number of hydrogen-bond acceptors (Lipinski definition) is 3. The van der Waals surface area contributed by atoms with E-state index in [1.165, 1.54) is 0 Å². The molecule has 2 aromatic carbocycles. The second-order valence-electron chi connectivity index (χ2n) is 5.43. The number of amides is 1. The summed E-state index contributed by atoms with van der Waals surface area (Å²) in [5.74, 6) is 1.33. The van der Waals surface area contributed by atoms with E-state index in [1.807, 2.05) is 49.4 Å². The minimum absolute atomic E-state index is 0.0168. The molecule has 0 aromatic heterocycles. The molecule has 1 aliphatic heterocycles. The molecule has 124 valence electrons. The molecule has 0 radical (unpaired) electrons. The number of carbonyl (C=O) groups excluding carboxylic acids is 1. The normalized spacial score (nSPS) is 14.9. The molecule has 1 heterocycles. The van der Waals surface area contributed by atoms with Crippen molar-refractivity contribution in [2.75, 3.05) is 25.7 Å². The van der Waals surface area contributed by atoms with Gasteiger partial charge in [0.2, 0.25) is 0 Å². The van der Waals surface area contributed by atoms with Gasteiger partial charge in [0, 0.05) is 22.7 Å². The topological polar surface area (TPSA) is 38.8 Å². The number of hydrogen-bond donors (Lipinski definition) is 0. The lowest BCUT2D eigenvalue weighted by molar-refractivity contribution is -0.112. The van der Waals surface area contributed by atoms with E-state index in [0.29, 0.717) is 23.7 Å². The Kier molecular flexibility index (Phi) is 4.62. The van der Waals surface area contributed by atoms with Crippen molar-refractivity contribution in [1.82, 2.24) is 0 Å². The first kappa shape index (κ1) is 16.6. The van der Waals surface area contributed by atoms with Crippen LogP contribution in [0.5, 0.6) is 11.5 Å². The number of carbonyl (C=O) groups is 1. The molecule has 0 saturated heterocycles. The Morgan fingerprint density at radius 3 is 2.67 bits per heavy atom. The van der Waals surface area contributed by atoms with E-state index in [0.717, 1.165) is 21.3 Å². The smallest absolute Gasteiger partial charge is 0.258 e. The third-order valence-electron chi connectivity index (χ3n) is 3.94. The van der Waals surface area contributed by atoms with Gasteiger partial charge in [0.05, 0.1) is 19.4 Å². The molecule has 2 aromatic rings. The van der Waals surface area contributed by atoms with Gasteiger partial charge in [0.15, 0.2) is 11.5 Å². The van der Waals surface area contributed by atoms with E-state index in [-0.39, 0.29) is 5.91 Å². The van der Waals surface area contributed by atoms with E-state index < -0.39 is 0 Å². The largest absolute Gasteiger partial charge is 0.493 e. The maximum atomic E-state index is 12.6. The van der Waals surface area contributed by atoms with Gasteiger partial charge in [0.25, 0.3) is 5.91 Å². The molecule has 0 atom stereocenters. The van der Waals surface area contributed by atoms with E-state index in [1.54, 1.807) is 19.1 Å². The number of benzene rings is 2. The van der Waals surface area contributed by atoms with Crippen LogP contribution in [0.25, 0.3) is 11.6 Å². The maximum Gasteiger partial charge on any atom is 0.258 e. The van der Waals surface area contributed by atoms with E-state index >= 15 is 0 Å².